The Morgan fingerprint density at radius 2 is 2.21 bits per heavy atom. The van der Waals surface area contributed by atoms with Crippen molar-refractivity contribution in [3.8, 4) is 11.5 Å². The smallest absolute Gasteiger partial charge is 0.338 e. The Hall–Kier alpha value is -1.46. The monoisotopic (exact) mass is 287 g/mol. The van der Waals surface area contributed by atoms with Gasteiger partial charge in [-0.1, -0.05) is 11.6 Å². The van der Waals surface area contributed by atoms with Gasteiger partial charge < -0.3 is 20.3 Å². The van der Waals surface area contributed by atoms with Crippen molar-refractivity contribution in [2.24, 2.45) is 5.73 Å². The SMILES string of the molecule is COC(=O)c1cc(Cl)c(OC(C)CCN)c(O)c1C. The van der Waals surface area contributed by atoms with Crippen molar-refractivity contribution < 1.29 is 19.4 Å². The average Bonchev–Trinajstić information content (AvgIpc) is 2.38. The third-order valence-electron chi connectivity index (χ3n) is 2.76. The normalized spacial score (nSPS) is 12.1. The van der Waals surface area contributed by atoms with Crippen LogP contribution in [0, 0.1) is 6.92 Å². The van der Waals surface area contributed by atoms with Gasteiger partial charge in [0.25, 0.3) is 0 Å². The molecule has 1 unspecified atom stereocenters. The minimum Gasteiger partial charge on any atom is -0.504 e. The fourth-order valence-electron chi connectivity index (χ4n) is 1.64. The van der Waals surface area contributed by atoms with Crippen molar-refractivity contribution in [1.82, 2.24) is 0 Å². The zero-order chi connectivity index (χ0) is 14.6. The first-order chi connectivity index (χ1) is 8.92. The van der Waals surface area contributed by atoms with Crippen LogP contribution in [0.25, 0.3) is 0 Å². The van der Waals surface area contributed by atoms with Crippen LogP contribution in [0.2, 0.25) is 5.02 Å². The van der Waals surface area contributed by atoms with Crippen molar-refractivity contribution in [3.63, 3.8) is 0 Å². The van der Waals surface area contributed by atoms with E-state index >= 15 is 0 Å². The number of esters is 1. The van der Waals surface area contributed by atoms with E-state index in [2.05, 4.69) is 4.74 Å². The van der Waals surface area contributed by atoms with E-state index in [0.29, 0.717) is 18.5 Å². The second-order valence-corrected chi connectivity index (χ2v) is 4.61. The van der Waals surface area contributed by atoms with Gasteiger partial charge in [0.05, 0.1) is 23.8 Å². The van der Waals surface area contributed by atoms with Gasteiger partial charge in [-0.3, -0.25) is 0 Å². The average molecular weight is 288 g/mol. The quantitative estimate of drug-likeness (QED) is 0.812. The van der Waals surface area contributed by atoms with Gasteiger partial charge in [-0.15, -0.1) is 0 Å². The molecule has 0 bridgehead atoms. The largest absolute Gasteiger partial charge is 0.504 e. The zero-order valence-electron chi connectivity index (χ0n) is 11.2. The number of nitrogens with two attached hydrogens (primary N) is 1. The number of hydrogen-bond donors (Lipinski definition) is 2. The first kappa shape index (κ1) is 15.6. The highest BCUT2D eigenvalue weighted by Gasteiger charge is 2.21. The van der Waals surface area contributed by atoms with Gasteiger partial charge in [0.2, 0.25) is 0 Å². The summed E-state index contributed by atoms with van der Waals surface area (Å²) >= 11 is 6.03. The maximum absolute atomic E-state index is 11.5. The van der Waals surface area contributed by atoms with Crippen LogP contribution >= 0.6 is 11.6 Å². The maximum atomic E-state index is 11.5. The molecule has 0 aliphatic carbocycles. The molecule has 0 aliphatic heterocycles. The van der Waals surface area contributed by atoms with E-state index in [1.807, 2.05) is 6.92 Å². The van der Waals surface area contributed by atoms with Crippen LogP contribution in [0.4, 0.5) is 0 Å². The van der Waals surface area contributed by atoms with Crippen LogP contribution in [0.3, 0.4) is 0 Å². The van der Waals surface area contributed by atoms with Crippen LogP contribution < -0.4 is 10.5 Å². The van der Waals surface area contributed by atoms with Gasteiger partial charge in [0, 0.05) is 5.56 Å². The van der Waals surface area contributed by atoms with Crippen molar-refractivity contribution in [2.45, 2.75) is 26.4 Å². The summed E-state index contributed by atoms with van der Waals surface area (Å²) in [5.41, 5.74) is 6.01. The molecule has 1 aromatic rings. The summed E-state index contributed by atoms with van der Waals surface area (Å²) in [6.07, 6.45) is 0.449. The number of aromatic hydroxyl groups is 1. The molecule has 1 rings (SSSR count). The molecule has 0 fully saturated rings. The topological polar surface area (TPSA) is 81.8 Å². The molecule has 3 N–H and O–H groups in total. The lowest BCUT2D eigenvalue weighted by molar-refractivity contribution is 0.0599. The van der Waals surface area contributed by atoms with E-state index in [9.17, 15) is 9.90 Å². The molecular formula is C13H18ClNO4. The minimum absolute atomic E-state index is 0.156. The van der Waals surface area contributed by atoms with Crippen LogP contribution in [-0.2, 0) is 4.74 Å². The Kier molecular flexibility index (Phi) is 5.44. The molecule has 0 aliphatic rings. The second kappa shape index (κ2) is 6.63. The molecule has 0 saturated carbocycles. The Labute approximate surface area is 117 Å². The lowest BCUT2D eigenvalue weighted by atomic mass is 10.1. The molecule has 0 radical (unpaired) electrons. The van der Waals surface area contributed by atoms with Gasteiger partial charge >= 0.3 is 5.97 Å². The molecule has 0 aromatic heterocycles. The molecule has 1 aromatic carbocycles. The van der Waals surface area contributed by atoms with Crippen LogP contribution in [0.1, 0.15) is 29.3 Å². The highest BCUT2D eigenvalue weighted by Crippen LogP contribution is 2.40. The summed E-state index contributed by atoms with van der Waals surface area (Å²) in [6, 6.07) is 1.42. The molecule has 0 spiro atoms. The highest BCUT2D eigenvalue weighted by atomic mass is 35.5. The summed E-state index contributed by atoms with van der Waals surface area (Å²) < 4.78 is 10.2. The molecule has 0 amide bonds. The van der Waals surface area contributed by atoms with E-state index in [0.717, 1.165) is 0 Å². The lowest BCUT2D eigenvalue weighted by Crippen LogP contribution is -2.17. The molecule has 5 nitrogen and oxygen atoms in total. The molecule has 0 saturated heterocycles. The zero-order valence-corrected chi connectivity index (χ0v) is 12.0. The molecule has 1 atom stereocenters. The third kappa shape index (κ3) is 3.52. The van der Waals surface area contributed by atoms with Gasteiger partial charge in [-0.05, 0) is 32.9 Å². The van der Waals surface area contributed by atoms with Crippen LogP contribution in [0.5, 0.6) is 11.5 Å². The summed E-state index contributed by atoms with van der Waals surface area (Å²) in [5.74, 6) is -0.555. The number of benzene rings is 1. The molecule has 6 heteroatoms. The Balaban J connectivity index is 3.15. The molecule has 0 heterocycles. The molecule has 106 valence electrons. The minimum atomic E-state index is -0.559. The van der Waals surface area contributed by atoms with Crippen LogP contribution in [0.15, 0.2) is 6.07 Å². The van der Waals surface area contributed by atoms with Gasteiger partial charge in [0.1, 0.15) is 0 Å². The van der Waals surface area contributed by atoms with E-state index in [1.165, 1.54) is 13.2 Å². The van der Waals surface area contributed by atoms with Crippen molar-refractivity contribution in [2.75, 3.05) is 13.7 Å². The van der Waals surface area contributed by atoms with Crippen LogP contribution in [-0.4, -0.2) is 30.8 Å². The fraction of sp³-hybridized carbons (Fsp3) is 0.462. The Morgan fingerprint density at radius 3 is 2.74 bits per heavy atom. The number of rotatable bonds is 5. The highest BCUT2D eigenvalue weighted by molar-refractivity contribution is 6.32. The summed E-state index contributed by atoms with van der Waals surface area (Å²) in [6.45, 7) is 3.89. The number of ether oxygens (including phenoxy) is 2. The summed E-state index contributed by atoms with van der Waals surface area (Å²) in [5, 5.41) is 10.2. The number of carbonyl (C=O) groups excluding carboxylic acids is 1. The number of hydrogen-bond acceptors (Lipinski definition) is 5. The fourth-order valence-corrected chi connectivity index (χ4v) is 1.88. The number of carbonyl (C=O) groups is 1. The summed E-state index contributed by atoms with van der Waals surface area (Å²) in [7, 11) is 1.26. The number of methoxy groups -OCH3 is 1. The van der Waals surface area contributed by atoms with Gasteiger partial charge in [-0.25, -0.2) is 4.79 Å². The third-order valence-corrected chi connectivity index (χ3v) is 3.04. The second-order valence-electron chi connectivity index (χ2n) is 4.21. The molecule has 19 heavy (non-hydrogen) atoms. The van der Waals surface area contributed by atoms with Gasteiger partial charge in [0.15, 0.2) is 11.5 Å². The maximum Gasteiger partial charge on any atom is 0.338 e. The van der Waals surface area contributed by atoms with E-state index < -0.39 is 5.97 Å². The van der Waals surface area contributed by atoms with Crippen molar-refractivity contribution in [1.29, 1.82) is 0 Å². The Bertz CT molecular complexity index is 476. The predicted octanol–water partition coefficient (Wildman–Crippen LogP) is 2.26. The standard InChI is InChI=1S/C13H18ClNO4/c1-7(4-5-15)19-12-10(14)6-9(13(17)18-3)8(2)11(12)16/h6-7,16H,4-5,15H2,1-3H3. The first-order valence-electron chi connectivity index (χ1n) is 5.89. The lowest BCUT2D eigenvalue weighted by Gasteiger charge is -2.18. The Morgan fingerprint density at radius 1 is 1.58 bits per heavy atom. The number of phenolic OH excluding ortho intramolecular Hbond substituents is 1. The van der Waals surface area contributed by atoms with Crippen molar-refractivity contribution in [3.05, 3.63) is 22.2 Å². The van der Waals surface area contributed by atoms with Gasteiger partial charge in [-0.2, -0.15) is 0 Å². The number of halogens is 1. The molecular weight excluding hydrogens is 270 g/mol. The van der Waals surface area contributed by atoms with E-state index in [-0.39, 0.29) is 28.2 Å². The number of phenols is 1. The predicted molar refractivity (Wildman–Crippen MR) is 73.0 cm³/mol. The first-order valence-corrected chi connectivity index (χ1v) is 6.27. The van der Waals surface area contributed by atoms with Crippen molar-refractivity contribution >= 4 is 17.6 Å². The van der Waals surface area contributed by atoms with E-state index in [1.54, 1.807) is 6.92 Å². The van der Waals surface area contributed by atoms with E-state index in [4.69, 9.17) is 22.1 Å². The summed E-state index contributed by atoms with van der Waals surface area (Å²) in [4.78, 5) is 11.5.